The van der Waals surface area contributed by atoms with Crippen LogP contribution in [0.1, 0.15) is 302 Å². The second kappa shape index (κ2) is 39.6. The molecule has 0 fully saturated rings. The average Bonchev–Trinajstić information content (AvgIpc) is 0.744. The molecule has 5 aromatic heterocycles. The van der Waals surface area contributed by atoms with E-state index in [-0.39, 0.29) is 22.6 Å². The van der Waals surface area contributed by atoms with Crippen molar-refractivity contribution in [2.24, 2.45) is 84.5 Å². The molecule has 0 spiro atoms. The molecule has 10 rings (SSSR count). The number of aryl methyl sites for hydroxylation is 12. The first-order chi connectivity index (χ1) is 62.6. The summed E-state index contributed by atoms with van der Waals surface area (Å²) >= 11 is 0. The highest BCUT2D eigenvalue weighted by molar-refractivity contribution is 5.66. The summed E-state index contributed by atoms with van der Waals surface area (Å²) in [5.41, 5.74) is 12.6. The maximum atomic E-state index is 9.03. The van der Waals surface area contributed by atoms with Crippen LogP contribution in [0.25, 0.3) is 56.3 Å². The Balaban J connectivity index is 0.000000270. The first-order valence-electron chi connectivity index (χ1n) is 53.2. The van der Waals surface area contributed by atoms with Crippen LogP contribution in [-0.2, 0) is 92.6 Å². The van der Waals surface area contributed by atoms with Crippen molar-refractivity contribution in [3.63, 3.8) is 0 Å². The molecule has 116 heavy (non-hydrogen) atoms. The Morgan fingerprint density at radius 1 is 0.267 bits per heavy atom. The fraction of sp³-hybridized carbons (Fsp3) is 0.505. The van der Waals surface area contributed by atoms with E-state index in [9.17, 15) is 0 Å². The number of hydrogen-bond acceptors (Lipinski definition) is 0. The summed E-state index contributed by atoms with van der Waals surface area (Å²) in [6, 6.07) is 45.6. The van der Waals surface area contributed by atoms with Crippen molar-refractivity contribution in [1.82, 2.24) is 0 Å². The molecule has 5 nitrogen and oxygen atoms in total. The van der Waals surface area contributed by atoms with Crippen LogP contribution in [0.15, 0.2) is 177 Å². The second-order valence-electron chi connectivity index (χ2n) is 40.1. The quantitative estimate of drug-likeness (QED) is 0.0912. The fourth-order valence-corrected chi connectivity index (χ4v) is 13.5. The van der Waals surface area contributed by atoms with Crippen molar-refractivity contribution >= 4 is 0 Å². The molecule has 0 N–H and O–H groups in total. The van der Waals surface area contributed by atoms with Gasteiger partial charge in [-0.25, -0.2) is 22.8 Å². The minimum Gasteiger partial charge on any atom is -0.201 e. The maximum Gasteiger partial charge on any atom is 0.212 e. The fourth-order valence-electron chi connectivity index (χ4n) is 13.5. The van der Waals surface area contributed by atoms with Crippen LogP contribution >= 0.6 is 0 Å². The molecule has 0 saturated carbocycles. The summed E-state index contributed by atoms with van der Waals surface area (Å²) in [7, 11) is 9.37. The van der Waals surface area contributed by atoms with Gasteiger partial charge in [0.1, 0.15) is 35.2 Å². The Hall–Kier alpha value is -8.15. The lowest BCUT2D eigenvalue weighted by Crippen LogP contribution is -2.33. The number of aromatic nitrogens is 5. The highest BCUT2D eigenvalue weighted by atomic mass is 14.9. The van der Waals surface area contributed by atoms with Gasteiger partial charge in [0.15, 0.2) is 31.0 Å². The van der Waals surface area contributed by atoms with E-state index in [0.717, 1.165) is 78.4 Å². The summed E-state index contributed by atoms with van der Waals surface area (Å²) in [5, 5.41) is 0. The van der Waals surface area contributed by atoms with Gasteiger partial charge < -0.3 is 0 Å². The normalized spacial score (nSPS) is 16.7. The lowest BCUT2D eigenvalue weighted by molar-refractivity contribution is -0.661. The molecule has 5 heterocycles. The molecule has 0 amide bonds. The molecular formula is C111H162N5+5. The first-order valence-corrected chi connectivity index (χ1v) is 41.2. The average molecular weight is 1590 g/mol. The molecule has 5 aromatic carbocycles. The van der Waals surface area contributed by atoms with Crippen LogP contribution in [0.5, 0.6) is 0 Å². The van der Waals surface area contributed by atoms with E-state index in [0.29, 0.717) is 44.6 Å². The van der Waals surface area contributed by atoms with E-state index < -0.39 is 114 Å². The lowest BCUT2D eigenvalue weighted by Gasteiger charge is -2.24. The van der Waals surface area contributed by atoms with Gasteiger partial charge in [0.2, 0.25) is 28.5 Å². The summed E-state index contributed by atoms with van der Waals surface area (Å²) in [5.74, 6) is -0.168. The monoisotopic (exact) mass is 1590 g/mol. The van der Waals surface area contributed by atoms with E-state index >= 15 is 0 Å². The molecule has 0 aliphatic rings. The summed E-state index contributed by atoms with van der Waals surface area (Å²) in [6.45, 7) is 53.3. The molecule has 5 heteroatoms. The SMILES string of the molecule is [2H]C([2H])([2H])c1c[n+](C)c(-c2ccccc2C)cc1C([2H])([2H])C(C)(C)C.[2H]C([2H])([2H])c1ccc(-c2cc(C([2H])([2H])C(C)(C)C)c(C([2H])([2H])C(C)(C)C)c[n+]2C)c(C)c1.[2H]C([2H])(c1cc(-c2ccccc2C)[n+](C)cc1C([2H])([2H])C(C)(C)C)C(C)(C)C.[2H]C([2H])(c1cc[n+](C)c(-c2ccccc2C)c1)C(C)(C)C.[2H]C([2H])(c1ccc(-c2cc(C([2H])([2H])C(C)(C)C)c(C([2H])([2H])C(C)(C)C)c[n+]2C)c(C)c1)C(C)C. The standard InChI is InChI=1S/C27H42N.C24H36N.C23H34N.C19H26N.C18H24N/c1-19(2)13-21-11-12-24(20(3)14-21)25-15-22(16-26(4,5)6)23(18-28(25)10)17-27(7,8)9;1-17-10-11-21(18(2)12-17)22-13-19(14-23(3,4)5)20(16-25(22)9)15-24(6,7)8;1-17-11-9-10-12-20(17)21-13-18(14-22(2,3)4)19(16-24(21)8)15-23(5,6)7;1-14-9-7-8-10-17(14)18-11-16(12-19(3,4)5)15(2)13-20(18)6;1-14-8-6-7-9-16(14)17-12-15(10-11-19(17)5)13-18(2,3)4/h11-12,14-15,18-19H,13,16-17H2,1-10H3;10-13,16H,14-15H2,1-9H3;9-13,16H,14-15H2,1-8H3;7-11,13H,12H2,1-6H3;6-12H,13H2,1-5H3/q5*+1/i13D2,16D2,17D2;1D3,14D2,15D2;14D2,15D2;2D3,12D2;13D2. The lowest BCUT2D eigenvalue weighted by atomic mass is 9.81. The summed E-state index contributed by atoms with van der Waals surface area (Å²) in [6.07, 6.45) is -6.44. The van der Waals surface area contributed by atoms with Crippen LogP contribution in [0, 0.1) is 97.6 Å². The van der Waals surface area contributed by atoms with Crippen molar-refractivity contribution in [2.45, 2.75) is 286 Å². The van der Waals surface area contributed by atoms with Gasteiger partial charge >= 0.3 is 0 Å². The zero-order valence-electron chi connectivity index (χ0n) is 102. The third kappa shape index (κ3) is 31.6. The predicted octanol–water partition coefficient (Wildman–Crippen LogP) is 27.0. The molecule has 0 bridgehead atoms. The van der Waals surface area contributed by atoms with Gasteiger partial charge in [0.05, 0.1) is 0 Å². The van der Waals surface area contributed by atoms with Gasteiger partial charge in [-0.15, -0.1) is 0 Å². The van der Waals surface area contributed by atoms with Gasteiger partial charge in [0.25, 0.3) is 0 Å². The Morgan fingerprint density at radius 2 is 0.560 bits per heavy atom. The summed E-state index contributed by atoms with van der Waals surface area (Å²) in [4.78, 5) is 0. The van der Waals surface area contributed by atoms with Crippen LogP contribution in [0.4, 0.5) is 0 Å². The van der Waals surface area contributed by atoms with Gasteiger partial charge in [-0.2, -0.15) is 0 Å². The number of nitrogens with zero attached hydrogens (tertiary/aromatic N) is 5. The van der Waals surface area contributed by atoms with Crippen molar-refractivity contribution < 1.29 is 55.7 Å². The van der Waals surface area contributed by atoms with Crippen molar-refractivity contribution in [2.75, 3.05) is 0 Å². The molecule has 0 aliphatic heterocycles. The minimum atomic E-state index is -2.38. The maximum absolute atomic E-state index is 9.03. The Labute approximate surface area is 744 Å². The van der Waals surface area contributed by atoms with Crippen LogP contribution < -0.4 is 22.8 Å². The van der Waals surface area contributed by atoms with Gasteiger partial charge in [-0.3, -0.25) is 0 Å². The predicted molar refractivity (Wildman–Crippen MR) is 502 cm³/mol. The zero-order valence-corrected chi connectivity index (χ0v) is 78.1. The Bertz CT molecular complexity index is 6070. The zero-order chi connectivity index (χ0) is 108. The van der Waals surface area contributed by atoms with Gasteiger partial charge in [-0.1, -0.05) is 264 Å². The molecule has 0 saturated heterocycles. The minimum absolute atomic E-state index is 0.0623. The third-order valence-electron chi connectivity index (χ3n) is 18.1. The second-order valence-corrected chi connectivity index (χ2v) is 40.1. The largest absolute Gasteiger partial charge is 0.212 e. The van der Waals surface area contributed by atoms with E-state index in [4.69, 9.17) is 32.9 Å². The molecular weight excluding hydrogens is 1400 g/mol. The number of benzene rings is 5. The molecule has 0 atom stereocenters. The topological polar surface area (TPSA) is 19.4 Å². The highest BCUT2D eigenvalue weighted by Crippen LogP contribution is 2.37. The van der Waals surface area contributed by atoms with Crippen molar-refractivity contribution in [3.05, 3.63) is 266 Å². The molecule has 0 radical (unpaired) electrons. The Kier molecular flexibility index (Phi) is 22.5. The number of pyridine rings is 5. The van der Waals surface area contributed by atoms with Gasteiger partial charge in [-0.05, 0) is 246 Å². The molecule has 0 aliphatic carbocycles. The molecule has 626 valence electrons. The third-order valence-corrected chi connectivity index (χ3v) is 18.1. The van der Waals surface area contributed by atoms with Crippen LogP contribution in [0.3, 0.4) is 0 Å². The van der Waals surface area contributed by atoms with E-state index in [1.807, 2.05) is 332 Å². The van der Waals surface area contributed by atoms with Crippen molar-refractivity contribution in [1.29, 1.82) is 0 Å². The number of hydrogen-bond donors (Lipinski definition) is 0. The number of rotatable bonds is 15. The van der Waals surface area contributed by atoms with Crippen LogP contribution in [0.2, 0.25) is 0 Å². The first kappa shape index (κ1) is 65.7. The van der Waals surface area contributed by atoms with Crippen LogP contribution in [-0.4, -0.2) is 0 Å². The Morgan fingerprint density at radius 3 is 0.871 bits per heavy atom. The van der Waals surface area contributed by atoms with E-state index in [1.54, 1.807) is 98.1 Å². The highest BCUT2D eigenvalue weighted by Gasteiger charge is 2.29. The van der Waals surface area contributed by atoms with E-state index in [2.05, 4.69) is 19.1 Å². The molecule has 0 unspecified atom stereocenters. The van der Waals surface area contributed by atoms with Gasteiger partial charge in [0, 0.05) is 119 Å². The smallest absolute Gasteiger partial charge is 0.201 e. The van der Waals surface area contributed by atoms with Crippen molar-refractivity contribution in [3.8, 4) is 56.3 Å². The molecule has 10 aromatic rings. The van der Waals surface area contributed by atoms with E-state index in [1.165, 1.54) is 5.56 Å². The summed E-state index contributed by atoms with van der Waals surface area (Å²) < 4.78 is 214.